The fourth-order valence-corrected chi connectivity index (χ4v) is 3.33. The fraction of sp³-hybridized carbons (Fsp3) is 0.222. The molecule has 0 fully saturated rings. The maximum atomic E-state index is 13.7. The fourth-order valence-electron chi connectivity index (χ4n) is 2.46. The summed E-state index contributed by atoms with van der Waals surface area (Å²) >= 11 is 1.35. The van der Waals surface area contributed by atoms with E-state index in [1.54, 1.807) is 18.2 Å². The van der Waals surface area contributed by atoms with E-state index in [2.05, 4.69) is 10.2 Å². The molecule has 0 aliphatic carbocycles. The first-order valence-electron chi connectivity index (χ1n) is 7.58. The summed E-state index contributed by atoms with van der Waals surface area (Å²) in [6.45, 7) is 2.03. The molecule has 1 heterocycles. The summed E-state index contributed by atoms with van der Waals surface area (Å²) < 4.78 is 15.6. The summed E-state index contributed by atoms with van der Waals surface area (Å²) in [4.78, 5) is 0. The number of benzene rings is 2. The van der Waals surface area contributed by atoms with Gasteiger partial charge in [-0.25, -0.2) is 4.39 Å². The first-order chi connectivity index (χ1) is 11.6. The van der Waals surface area contributed by atoms with Gasteiger partial charge in [-0.2, -0.15) is 0 Å². The number of thioether (sulfide) groups is 1. The Morgan fingerprint density at radius 2 is 1.96 bits per heavy atom. The highest BCUT2D eigenvalue weighted by atomic mass is 32.2. The van der Waals surface area contributed by atoms with Crippen molar-refractivity contribution >= 4 is 11.8 Å². The van der Waals surface area contributed by atoms with Crippen molar-refractivity contribution in [2.45, 2.75) is 18.2 Å². The van der Waals surface area contributed by atoms with Crippen LogP contribution in [0.4, 0.5) is 4.39 Å². The molecule has 1 unspecified atom stereocenters. The SMILES string of the molecule is Cc1cccc(-c2nnc(SCC(O)c3ccccc3F)n2C)c1. The van der Waals surface area contributed by atoms with Crippen molar-refractivity contribution in [3.05, 3.63) is 65.5 Å². The molecule has 0 aliphatic heterocycles. The maximum absolute atomic E-state index is 13.7. The number of aliphatic hydroxyl groups excluding tert-OH is 1. The molecule has 0 saturated carbocycles. The standard InChI is InChI=1S/C18H18FN3OS/c1-12-6-5-7-13(10-12)17-20-21-18(22(17)2)24-11-16(23)14-8-3-4-9-15(14)19/h3-10,16,23H,11H2,1-2H3. The molecule has 124 valence electrons. The van der Waals surface area contributed by atoms with E-state index in [-0.39, 0.29) is 0 Å². The highest BCUT2D eigenvalue weighted by Gasteiger charge is 2.16. The lowest BCUT2D eigenvalue weighted by Crippen LogP contribution is -2.04. The van der Waals surface area contributed by atoms with Gasteiger partial charge in [-0.15, -0.1) is 10.2 Å². The number of aryl methyl sites for hydroxylation is 1. The number of rotatable bonds is 5. The zero-order chi connectivity index (χ0) is 17.1. The van der Waals surface area contributed by atoms with Crippen LogP contribution in [0.25, 0.3) is 11.4 Å². The Labute approximate surface area is 144 Å². The molecule has 1 aromatic heterocycles. The highest BCUT2D eigenvalue weighted by Crippen LogP contribution is 2.27. The van der Waals surface area contributed by atoms with Crippen LogP contribution < -0.4 is 0 Å². The normalized spacial score (nSPS) is 12.3. The minimum Gasteiger partial charge on any atom is -0.387 e. The van der Waals surface area contributed by atoms with Crippen molar-refractivity contribution in [3.63, 3.8) is 0 Å². The number of halogens is 1. The van der Waals surface area contributed by atoms with Crippen LogP contribution in [0.15, 0.2) is 53.7 Å². The summed E-state index contributed by atoms with van der Waals surface area (Å²) in [5.41, 5.74) is 2.44. The summed E-state index contributed by atoms with van der Waals surface area (Å²) in [6, 6.07) is 14.3. The van der Waals surface area contributed by atoms with E-state index in [4.69, 9.17) is 0 Å². The third kappa shape index (κ3) is 3.49. The minimum absolute atomic E-state index is 0.297. The third-order valence-electron chi connectivity index (χ3n) is 3.75. The van der Waals surface area contributed by atoms with E-state index in [0.717, 1.165) is 17.0 Å². The van der Waals surface area contributed by atoms with Crippen LogP contribution in [0.2, 0.25) is 0 Å². The number of hydrogen-bond acceptors (Lipinski definition) is 4. The van der Waals surface area contributed by atoms with E-state index in [9.17, 15) is 9.50 Å². The summed E-state index contributed by atoms with van der Waals surface area (Å²) in [7, 11) is 1.88. The van der Waals surface area contributed by atoms with Crippen LogP contribution in [0.3, 0.4) is 0 Å². The molecule has 3 aromatic rings. The summed E-state index contributed by atoms with van der Waals surface area (Å²) in [6.07, 6.45) is -0.893. The van der Waals surface area contributed by atoms with Gasteiger partial charge in [0.25, 0.3) is 0 Å². The second-order valence-electron chi connectivity index (χ2n) is 5.58. The summed E-state index contributed by atoms with van der Waals surface area (Å²) in [5, 5.41) is 19.3. The van der Waals surface area contributed by atoms with Crippen molar-refractivity contribution in [1.82, 2.24) is 14.8 Å². The van der Waals surface area contributed by atoms with Crippen LogP contribution in [0, 0.1) is 12.7 Å². The van der Waals surface area contributed by atoms with E-state index < -0.39 is 11.9 Å². The van der Waals surface area contributed by atoms with E-state index >= 15 is 0 Å². The number of aromatic nitrogens is 3. The molecule has 1 N–H and O–H groups in total. The van der Waals surface area contributed by atoms with Gasteiger partial charge in [0.1, 0.15) is 5.82 Å². The Morgan fingerprint density at radius 3 is 2.71 bits per heavy atom. The molecule has 0 amide bonds. The predicted molar refractivity (Wildman–Crippen MR) is 93.3 cm³/mol. The van der Waals surface area contributed by atoms with Crippen LogP contribution in [0.1, 0.15) is 17.2 Å². The van der Waals surface area contributed by atoms with Gasteiger partial charge in [0.05, 0.1) is 6.10 Å². The molecule has 0 saturated heterocycles. The van der Waals surface area contributed by atoms with Gasteiger partial charge in [-0.3, -0.25) is 0 Å². The molecule has 0 aliphatic rings. The highest BCUT2D eigenvalue weighted by molar-refractivity contribution is 7.99. The molecule has 1 atom stereocenters. The lowest BCUT2D eigenvalue weighted by atomic mass is 10.1. The minimum atomic E-state index is -0.893. The second-order valence-corrected chi connectivity index (χ2v) is 6.57. The van der Waals surface area contributed by atoms with Crippen molar-refractivity contribution in [2.75, 3.05) is 5.75 Å². The van der Waals surface area contributed by atoms with E-state index in [1.807, 2.05) is 42.8 Å². The molecule has 24 heavy (non-hydrogen) atoms. The number of aliphatic hydroxyl groups is 1. The molecular formula is C18H18FN3OS. The molecule has 0 spiro atoms. The Morgan fingerprint density at radius 1 is 1.17 bits per heavy atom. The molecule has 0 bridgehead atoms. The topological polar surface area (TPSA) is 50.9 Å². The van der Waals surface area contributed by atoms with Gasteiger partial charge >= 0.3 is 0 Å². The third-order valence-corrected chi connectivity index (χ3v) is 4.84. The molecule has 4 nitrogen and oxygen atoms in total. The first kappa shape index (κ1) is 16.7. The zero-order valence-electron chi connectivity index (χ0n) is 13.5. The Kier molecular flexibility index (Phi) is 4.97. The Balaban J connectivity index is 1.74. The van der Waals surface area contributed by atoms with Crippen LogP contribution >= 0.6 is 11.8 Å². The van der Waals surface area contributed by atoms with Gasteiger partial charge in [0.2, 0.25) is 0 Å². The first-order valence-corrected chi connectivity index (χ1v) is 8.56. The van der Waals surface area contributed by atoms with Crippen molar-refractivity contribution in [3.8, 4) is 11.4 Å². The van der Waals surface area contributed by atoms with E-state index in [0.29, 0.717) is 16.5 Å². The molecular weight excluding hydrogens is 325 g/mol. The molecule has 2 aromatic carbocycles. The van der Waals surface area contributed by atoms with Crippen molar-refractivity contribution in [2.24, 2.45) is 7.05 Å². The number of hydrogen-bond donors (Lipinski definition) is 1. The monoisotopic (exact) mass is 343 g/mol. The average Bonchev–Trinajstić information content (AvgIpc) is 2.94. The lowest BCUT2D eigenvalue weighted by molar-refractivity contribution is 0.199. The van der Waals surface area contributed by atoms with Gasteiger partial charge < -0.3 is 9.67 Å². The number of nitrogens with zero attached hydrogens (tertiary/aromatic N) is 3. The predicted octanol–water partition coefficient (Wildman–Crippen LogP) is 3.76. The smallest absolute Gasteiger partial charge is 0.191 e. The van der Waals surface area contributed by atoms with Crippen LogP contribution in [-0.4, -0.2) is 25.6 Å². The average molecular weight is 343 g/mol. The Hall–Kier alpha value is -2.18. The van der Waals surface area contributed by atoms with Crippen LogP contribution in [0.5, 0.6) is 0 Å². The van der Waals surface area contributed by atoms with E-state index in [1.165, 1.54) is 17.8 Å². The Bertz CT molecular complexity index is 850. The van der Waals surface area contributed by atoms with Gasteiger partial charge in [0.15, 0.2) is 11.0 Å². The zero-order valence-corrected chi connectivity index (χ0v) is 14.3. The lowest BCUT2D eigenvalue weighted by Gasteiger charge is -2.11. The van der Waals surface area contributed by atoms with Gasteiger partial charge in [-0.1, -0.05) is 53.7 Å². The van der Waals surface area contributed by atoms with Crippen LogP contribution in [-0.2, 0) is 7.05 Å². The molecule has 3 rings (SSSR count). The van der Waals surface area contributed by atoms with Crippen molar-refractivity contribution in [1.29, 1.82) is 0 Å². The summed E-state index contributed by atoms with van der Waals surface area (Å²) in [5.74, 6) is 0.673. The largest absolute Gasteiger partial charge is 0.387 e. The van der Waals surface area contributed by atoms with Gasteiger partial charge in [0, 0.05) is 23.9 Å². The second kappa shape index (κ2) is 7.15. The molecule has 6 heteroatoms. The quantitative estimate of drug-likeness (QED) is 0.717. The van der Waals surface area contributed by atoms with Crippen molar-refractivity contribution < 1.29 is 9.50 Å². The molecule has 0 radical (unpaired) electrons. The van der Waals surface area contributed by atoms with Gasteiger partial charge in [-0.05, 0) is 19.1 Å². The maximum Gasteiger partial charge on any atom is 0.191 e.